The molecular weight excluding hydrogens is 568 g/mol. The maximum Gasteiger partial charge on any atom is 0.136 e. The summed E-state index contributed by atoms with van der Waals surface area (Å²) < 4.78 is 4.16. The van der Waals surface area contributed by atoms with Gasteiger partial charge in [0.25, 0.3) is 0 Å². The van der Waals surface area contributed by atoms with E-state index < -0.39 is 12.2 Å². The molecular formula is C35H52N6O4. The Morgan fingerprint density at radius 2 is 1.18 bits per heavy atom. The van der Waals surface area contributed by atoms with E-state index in [2.05, 4.69) is 74.4 Å². The first-order valence-electron chi connectivity index (χ1n) is 15.8. The van der Waals surface area contributed by atoms with Crippen LogP contribution < -0.4 is 5.32 Å². The lowest BCUT2D eigenvalue weighted by Gasteiger charge is -2.29. The number of rotatable bonds is 14. The molecule has 10 nitrogen and oxygen atoms in total. The number of aromatic nitrogens is 4. The van der Waals surface area contributed by atoms with E-state index in [-0.39, 0.29) is 25.3 Å². The summed E-state index contributed by atoms with van der Waals surface area (Å²) in [4.78, 5) is 11.1. The van der Waals surface area contributed by atoms with Crippen LogP contribution in [0.2, 0.25) is 0 Å². The van der Waals surface area contributed by atoms with Crippen molar-refractivity contribution in [1.29, 1.82) is 0 Å². The minimum Gasteiger partial charge on any atom is -0.395 e. The van der Waals surface area contributed by atoms with Gasteiger partial charge in [-0.15, -0.1) is 0 Å². The minimum atomic E-state index is -0.632. The summed E-state index contributed by atoms with van der Waals surface area (Å²) in [5, 5.41) is 42.0. The third-order valence-corrected chi connectivity index (χ3v) is 8.05. The first-order valence-corrected chi connectivity index (χ1v) is 15.8. The van der Waals surface area contributed by atoms with Crippen molar-refractivity contribution in [2.45, 2.75) is 79.2 Å². The first-order chi connectivity index (χ1) is 21.5. The molecule has 4 rings (SSSR count). The van der Waals surface area contributed by atoms with E-state index in [4.69, 9.17) is 5.11 Å². The quantitative estimate of drug-likeness (QED) is 0.142. The van der Waals surface area contributed by atoms with Crippen LogP contribution in [0.5, 0.6) is 0 Å². The molecule has 0 amide bonds. The normalized spacial score (nSPS) is 14.1. The van der Waals surface area contributed by atoms with E-state index in [1.54, 1.807) is 12.4 Å². The summed E-state index contributed by atoms with van der Waals surface area (Å²) in [6.45, 7) is 16.0. The second-order valence-electron chi connectivity index (χ2n) is 11.9. The van der Waals surface area contributed by atoms with Crippen LogP contribution in [0.15, 0.2) is 60.9 Å². The molecule has 0 aromatic carbocycles. The summed E-state index contributed by atoms with van der Waals surface area (Å²) in [7, 11) is 0. The van der Waals surface area contributed by atoms with Crippen molar-refractivity contribution in [1.82, 2.24) is 29.3 Å². The Kier molecular flexibility index (Phi) is 13.9. The van der Waals surface area contributed by atoms with Gasteiger partial charge < -0.3 is 34.9 Å². The van der Waals surface area contributed by atoms with Gasteiger partial charge >= 0.3 is 0 Å². The number of aliphatic hydroxyl groups is 4. The molecule has 0 saturated carbocycles. The van der Waals surface area contributed by atoms with E-state index in [1.807, 2.05) is 52.0 Å². The number of aryl methyl sites for hydroxylation is 4. The molecule has 4 atom stereocenters. The maximum atomic E-state index is 10.5. The van der Waals surface area contributed by atoms with Gasteiger partial charge in [0.2, 0.25) is 0 Å². The highest BCUT2D eigenvalue weighted by molar-refractivity contribution is 5.34. The van der Waals surface area contributed by atoms with E-state index in [1.165, 1.54) is 0 Å². The van der Waals surface area contributed by atoms with E-state index in [9.17, 15) is 15.3 Å². The molecule has 2 unspecified atom stereocenters. The van der Waals surface area contributed by atoms with E-state index in [0.717, 1.165) is 58.5 Å². The Bertz CT molecular complexity index is 1390. The number of hydrogen-bond acceptors (Lipinski definition) is 8. The van der Waals surface area contributed by atoms with Gasteiger partial charge in [-0.2, -0.15) is 0 Å². The third-order valence-electron chi connectivity index (χ3n) is 8.05. The SMILES string of the molecule is CCCN(CC(O)c1ccc(-n2c(C)ccc2C)nc1)[C@@H](C)CO.Cc1ccc(C)n1-c1ccc(C(O)CN[C@@H](C)CO)cn1. The molecule has 0 aliphatic heterocycles. The van der Waals surface area contributed by atoms with Crippen molar-refractivity contribution in [3.8, 4) is 11.6 Å². The van der Waals surface area contributed by atoms with Crippen LogP contribution >= 0.6 is 0 Å². The molecule has 5 N–H and O–H groups in total. The molecule has 0 saturated heterocycles. The van der Waals surface area contributed by atoms with Crippen LogP contribution in [0.25, 0.3) is 11.6 Å². The minimum absolute atomic E-state index is 0.0305. The molecule has 4 aromatic rings. The number of nitrogens with one attached hydrogen (secondary N) is 1. The number of hydrogen-bond donors (Lipinski definition) is 5. The highest BCUT2D eigenvalue weighted by atomic mass is 16.3. The van der Waals surface area contributed by atoms with E-state index >= 15 is 0 Å². The third kappa shape index (κ3) is 9.80. The highest BCUT2D eigenvalue weighted by Gasteiger charge is 2.18. The first kappa shape index (κ1) is 36.1. The van der Waals surface area contributed by atoms with Crippen molar-refractivity contribution in [3.63, 3.8) is 0 Å². The van der Waals surface area contributed by atoms with Crippen molar-refractivity contribution >= 4 is 0 Å². The van der Waals surface area contributed by atoms with Gasteiger partial charge in [-0.25, -0.2) is 9.97 Å². The molecule has 0 bridgehead atoms. The van der Waals surface area contributed by atoms with Gasteiger partial charge in [-0.05, 0) is 90.9 Å². The zero-order valence-electron chi connectivity index (χ0n) is 27.9. The Hall–Kier alpha value is -3.38. The van der Waals surface area contributed by atoms with Crippen molar-refractivity contribution < 1.29 is 20.4 Å². The topological polar surface area (TPSA) is 132 Å². The van der Waals surface area contributed by atoms with Crippen molar-refractivity contribution in [2.24, 2.45) is 0 Å². The lowest BCUT2D eigenvalue weighted by atomic mass is 10.1. The van der Waals surface area contributed by atoms with Crippen LogP contribution in [0.1, 0.15) is 73.3 Å². The summed E-state index contributed by atoms with van der Waals surface area (Å²) in [6.07, 6.45) is 3.18. The average Bonchev–Trinajstić information content (AvgIpc) is 3.57. The van der Waals surface area contributed by atoms with Crippen LogP contribution in [0, 0.1) is 27.7 Å². The van der Waals surface area contributed by atoms with Crippen LogP contribution in [-0.4, -0.2) is 89.4 Å². The van der Waals surface area contributed by atoms with E-state index in [0.29, 0.717) is 13.1 Å². The molecule has 4 heterocycles. The zero-order chi connectivity index (χ0) is 33.1. The lowest BCUT2D eigenvalue weighted by Crippen LogP contribution is -2.39. The number of aliphatic hydroxyl groups excluding tert-OH is 4. The molecule has 0 aliphatic carbocycles. The smallest absolute Gasteiger partial charge is 0.136 e. The number of pyridine rings is 2. The molecule has 246 valence electrons. The lowest BCUT2D eigenvalue weighted by molar-refractivity contribution is 0.0684. The Morgan fingerprint density at radius 3 is 1.56 bits per heavy atom. The van der Waals surface area contributed by atoms with Gasteiger partial charge in [0.15, 0.2) is 0 Å². The van der Waals surface area contributed by atoms with Crippen molar-refractivity contribution in [3.05, 3.63) is 94.8 Å². The molecule has 4 aromatic heterocycles. The molecule has 0 spiro atoms. The van der Waals surface area contributed by atoms with Crippen molar-refractivity contribution in [2.75, 3.05) is 32.8 Å². The Balaban J connectivity index is 0.000000248. The van der Waals surface area contributed by atoms with Gasteiger partial charge in [-0.3, -0.25) is 4.90 Å². The fraction of sp³-hybridized carbons (Fsp3) is 0.486. The monoisotopic (exact) mass is 620 g/mol. The molecule has 0 radical (unpaired) electrons. The van der Waals surface area contributed by atoms with Gasteiger partial charge in [0, 0.05) is 71.5 Å². The Labute approximate surface area is 268 Å². The fourth-order valence-electron chi connectivity index (χ4n) is 5.23. The Morgan fingerprint density at radius 1 is 0.711 bits per heavy atom. The molecule has 0 aliphatic rings. The average molecular weight is 621 g/mol. The second-order valence-corrected chi connectivity index (χ2v) is 11.9. The summed E-state index contributed by atoms with van der Waals surface area (Å²) in [5.74, 6) is 1.71. The standard InChI is InChI=1S/C19H29N3O2.C16H23N3O2/c1-5-10-21(16(4)13-23)12-18(24)17-8-9-19(20-11-17)22-14(2)6-7-15(22)3;1-11(10-20)17-9-15(21)14-6-7-16(18-8-14)19-12(2)4-5-13(19)3/h6-9,11,16,18,23-24H,5,10,12-13H2,1-4H3;4-8,11,15,17,20-21H,9-10H2,1-3H3/t16-,18?;11-,15?/m00/s1. The van der Waals surface area contributed by atoms with Gasteiger partial charge in [0.05, 0.1) is 25.4 Å². The fourth-order valence-corrected chi connectivity index (χ4v) is 5.23. The predicted molar refractivity (Wildman–Crippen MR) is 179 cm³/mol. The second kappa shape index (κ2) is 17.4. The van der Waals surface area contributed by atoms with Crippen LogP contribution in [0.3, 0.4) is 0 Å². The van der Waals surface area contributed by atoms with Gasteiger partial charge in [-0.1, -0.05) is 19.1 Å². The summed E-state index contributed by atoms with van der Waals surface area (Å²) in [6, 6.07) is 15.9. The summed E-state index contributed by atoms with van der Waals surface area (Å²) >= 11 is 0. The van der Waals surface area contributed by atoms with Gasteiger partial charge in [0.1, 0.15) is 11.6 Å². The summed E-state index contributed by atoms with van der Waals surface area (Å²) in [5.41, 5.74) is 6.10. The van der Waals surface area contributed by atoms with Crippen LogP contribution in [-0.2, 0) is 0 Å². The zero-order valence-corrected chi connectivity index (χ0v) is 27.9. The molecule has 0 fully saturated rings. The highest BCUT2D eigenvalue weighted by Crippen LogP contribution is 2.20. The number of nitrogens with zero attached hydrogens (tertiary/aromatic N) is 5. The van der Waals surface area contributed by atoms with Crippen LogP contribution in [0.4, 0.5) is 0 Å². The molecule has 10 heteroatoms. The maximum absolute atomic E-state index is 10.5. The predicted octanol–water partition coefficient (Wildman–Crippen LogP) is 4.11. The largest absolute Gasteiger partial charge is 0.395 e. The molecule has 45 heavy (non-hydrogen) atoms.